The van der Waals surface area contributed by atoms with Crippen LogP contribution >= 0.6 is 0 Å². The fraction of sp³-hybridized carbons (Fsp3) is 0.0714. The number of carboxylic acid groups (broad SMARTS) is 1. The second-order valence-corrected chi connectivity index (χ2v) is 4.13. The van der Waals surface area contributed by atoms with E-state index in [1.165, 1.54) is 37.5 Å². The first-order valence-corrected chi connectivity index (χ1v) is 6.15. The highest BCUT2D eigenvalue weighted by Gasteiger charge is 2.09. The maximum absolute atomic E-state index is 13.7. The predicted octanol–water partition coefficient (Wildman–Crippen LogP) is 2.46. The maximum Gasteiger partial charge on any atom is 0.409 e. The summed E-state index contributed by atoms with van der Waals surface area (Å²) in [5, 5.41) is 12.9. The van der Waals surface area contributed by atoms with Crippen LogP contribution in [0.5, 0.6) is 11.5 Å². The van der Waals surface area contributed by atoms with Gasteiger partial charge in [-0.3, -0.25) is 15.1 Å². The third-order valence-corrected chi connectivity index (χ3v) is 2.61. The van der Waals surface area contributed by atoms with E-state index >= 15 is 0 Å². The number of nitrogens with zero attached hydrogens (tertiary/aromatic N) is 1. The van der Waals surface area contributed by atoms with Crippen LogP contribution < -0.4 is 15.4 Å². The Morgan fingerprint density at radius 2 is 1.95 bits per heavy atom. The van der Waals surface area contributed by atoms with Crippen molar-refractivity contribution < 1.29 is 23.8 Å². The van der Waals surface area contributed by atoms with Crippen LogP contribution in [0.1, 0.15) is 10.5 Å². The van der Waals surface area contributed by atoms with Crippen molar-refractivity contribution in [3.05, 3.63) is 48.0 Å². The number of carbonyl (C=O) groups excluding carboxylic acids is 1. The SMILES string of the molecule is CNC(=O)c1cc(Oc2ccc(NC(=O)O)c(F)c2)ccn1. The first-order valence-electron chi connectivity index (χ1n) is 6.15. The van der Waals surface area contributed by atoms with Crippen molar-refractivity contribution in [2.24, 2.45) is 0 Å². The zero-order valence-corrected chi connectivity index (χ0v) is 11.5. The predicted molar refractivity (Wildman–Crippen MR) is 75.7 cm³/mol. The molecule has 3 N–H and O–H groups in total. The van der Waals surface area contributed by atoms with Gasteiger partial charge in [-0.05, 0) is 18.2 Å². The molecule has 114 valence electrons. The van der Waals surface area contributed by atoms with Crippen LogP contribution in [0, 0.1) is 5.82 Å². The summed E-state index contributed by atoms with van der Waals surface area (Å²) in [6, 6.07) is 6.58. The summed E-state index contributed by atoms with van der Waals surface area (Å²) in [6.45, 7) is 0. The number of amides is 2. The lowest BCUT2D eigenvalue weighted by Gasteiger charge is -2.08. The number of carbonyl (C=O) groups is 2. The van der Waals surface area contributed by atoms with Crippen LogP contribution in [0.4, 0.5) is 14.9 Å². The van der Waals surface area contributed by atoms with E-state index in [1.807, 2.05) is 5.32 Å². The number of hydrogen-bond acceptors (Lipinski definition) is 4. The number of rotatable bonds is 4. The molecular weight excluding hydrogens is 293 g/mol. The van der Waals surface area contributed by atoms with Gasteiger partial charge in [-0.2, -0.15) is 0 Å². The number of hydrogen-bond donors (Lipinski definition) is 3. The molecule has 2 rings (SSSR count). The quantitative estimate of drug-likeness (QED) is 0.805. The van der Waals surface area contributed by atoms with Crippen LogP contribution in [0.2, 0.25) is 0 Å². The molecule has 0 saturated carbocycles. The smallest absolute Gasteiger partial charge is 0.409 e. The molecule has 22 heavy (non-hydrogen) atoms. The van der Waals surface area contributed by atoms with Crippen molar-refractivity contribution in [2.75, 3.05) is 12.4 Å². The van der Waals surface area contributed by atoms with E-state index in [2.05, 4.69) is 10.3 Å². The number of anilines is 1. The molecule has 0 fully saturated rings. The number of ether oxygens (including phenoxy) is 1. The molecule has 2 aromatic rings. The molecule has 0 radical (unpaired) electrons. The van der Waals surface area contributed by atoms with Crippen molar-refractivity contribution in [1.82, 2.24) is 10.3 Å². The topological polar surface area (TPSA) is 101 Å². The molecule has 2 amide bonds. The third-order valence-electron chi connectivity index (χ3n) is 2.61. The van der Waals surface area contributed by atoms with Crippen LogP contribution in [-0.4, -0.2) is 29.1 Å². The molecule has 1 aromatic carbocycles. The summed E-state index contributed by atoms with van der Waals surface area (Å²) in [7, 11) is 1.47. The Labute approximate surface area is 124 Å². The molecular formula is C14H12FN3O4. The highest BCUT2D eigenvalue weighted by atomic mass is 19.1. The molecule has 0 spiro atoms. The maximum atomic E-state index is 13.7. The minimum atomic E-state index is -1.36. The summed E-state index contributed by atoms with van der Waals surface area (Å²) < 4.78 is 19.1. The highest BCUT2D eigenvalue weighted by molar-refractivity contribution is 5.92. The van der Waals surface area contributed by atoms with Crippen molar-refractivity contribution in [3.63, 3.8) is 0 Å². The zero-order valence-electron chi connectivity index (χ0n) is 11.5. The van der Waals surface area contributed by atoms with Crippen molar-refractivity contribution >= 4 is 17.7 Å². The first kappa shape index (κ1) is 15.2. The van der Waals surface area contributed by atoms with Crippen LogP contribution in [0.3, 0.4) is 0 Å². The molecule has 0 aliphatic heterocycles. The summed E-state index contributed by atoms with van der Waals surface area (Å²) >= 11 is 0. The van der Waals surface area contributed by atoms with E-state index in [0.29, 0.717) is 5.75 Å². The molecule has 1 heterocycles. The number of aromatic nitrogens is 1. The Balaban J connectivity index is 2.19. The lowest BCUT2D eigenvalue weighted by molar-refractivity contribution is 0.0957. The fourth-order valence-electron chi connectivity index (χ4n) is 1.64. The minimum absolute atomic E-state index is 0.155. The van der Waals surface area contributed by atoms with Gasteiger partial charge in [-0.15, -0.1) is 0 Å². The van der Waals surface area contributed by atoms with Gasteiger partial charge in [0.15, 0.2) is 5.82 Å². The summed E-state index contributed by atoms with van der Waals surface area (Å²) in [5.74, 6) is -0.701. The summed E-state index contributed by atoms with van der Waals surface area (Å²) in [5.41, 5.74) is -0.0229. The third kappa shape index (κ3) is 3.69. The number of nitrogens with one attached hydrogen (secondary N) is 2. The van der Waals surface area contributed by atoms with Gasteiger partial charge in [0, 0.05) is 25.4 Å². The van der Waals surface area contributed by atoms with Crippen molar-refractivity contribution in [1.29, 1.82) is 0 Å². The van der Waals surface area contributed by atoms with E-state index in [0.717, 1.165) is 6.07 Å². The van der Waals surface area contributed by atoms with Crippen LogP contribution in [-0.2, 0) is 0 Å². The van der Waals surface area contributed by atoms with Gasteiger partial charge < -0.3 is 15.2 Å². The van der Waals surface area contributed by atoms with Gasteiger partial charge >= 0.3 is 6.09 Å². The van der Waals surface area contributed by atoms with Gasteiger partial charge in [0.25, 0.3) is 5.91 Å². The van der Waals surface area contributed by atoms with Crippen LogP contribution in [0.25, 0.3) is 0 Å². The largest absolute Gasteiger partial charge is 0.465 e. The molecule has 0 aliphatic rings. The lowest BCUT2D eigenvalue weighted by Crippen LogP contribution is -2.18. The molecule has 7 nitrogen and oxygen atoms in total. The van der Waals surface area contributed by atoms with Gasteiger partial charge in [0.1, 0.15) is 17.2 Å². The summed E-state index contributed by atoms with van der Waals surface area (Å²) in [6.07, 6.45) is 0.0216. The van der Waals surface area contributed by atoms with E-state index in [-0.39, 0.29) is 23.0 Å². The average molecular weight is 305 g/mol. The van der Waals surface area contributed by atoms with Gasteiger partial charge in [0.05, 0.1) is 5.69 Å². The molecule has 0 saturated heterocycles. The Morgan fingerprint density at radius 3 is 2.59 bits per heavy atom. The Hall–Kier alpha value is -3.16. The number of halogens is 1. The molecule has 0 bridgehead atoms. The monoisotopic (exact) mass is 305 g/mol. The Morgan fingerprint density at radius 1 is 1.23 bits per heavy atom. The second kappa shape index (κ2) is 6.53. The Bertz CT molecular complexity index is 721. The minimum Gasteiger partial charge on any atom is -0.465 e. The van der Waals surface area contributed by atoms with E-state index in [4.69, 9.17) is 9.84 Å². The standard InChI is InChI=1S/C14H12FN3O4/c1-16-13(19)12-7-9(4-5-17-12)22-8-2-3-11(10(15)6-8)18-14(20)21/h2-7,18H,1H3,(H,16,19)(H,20,21). The second-order valence-electron chi connectivity index (χ2n) is 4.13. The Kier molecular flexibility index (Phi) is 4.52. The summed E-state index contributed by atoms with van der Waals surface area (Å²) in [4.78, 5) is 25.8. The highest BCUT2D eigenvalue weighted by Crippen LogP contribution is 2.25. The molecule has 8 heteroatoms. The molecule has 0 aliphatic carbocycles. The van der Waals surface area contributed by atoms with Crippen molar-refractivity contribution in [2.45, 2.75) is 0 Å². The zero-order chi connectivity index (χ0) is 16.1. The fourth-order valence-corrected chi connectivity index (χ4v) is 1.64. The van der Waals surface area contributed by atoms with Gasteiger partial charge in [-0.25, -0.2) is 9.18 Å². The number of pyridine rings is 1. The van der Waals surface area contributed by atoms with E-state index in [1.54, 1.807) is 0 Å². The molecule has 0 unspecified atom stereocenters. The van der Waals surface area contributed by atoms with Crippen molar-refractivity contribution in [3.8, 4) is 11.5 Å². The lowest BCUT2D eigenvalue weighted by atomic mass is 10.3. The van der Waals surface area contributed by atoms with Gasteiger partial charge in [0.2, 0.25) is 0 Å². The molecule has 1 aromatic heterocycles. The number of benzene rings is 1. The first-order chi connectivity index (χ1) is 10.5. The van der Waals surface area contributed by atoms with E-state index in [9.17, 15) is 14.0 Å². The molecule has 0 atom stereocenters. The van der Waals surface area contributed by atoms with Gasteiger partial charge in [-0.1, -0.05) is 0 Å². The average Bonchev–Trinajstić information content (AvgIpc) is 2.49. The normalized spacial score (nSPS) is 9.91. The van der Waals surface area contributed by atoms with E-state index < -0.39 is 11.9 Å². The van der Waals surface area contributed by atoms with Crippen LogP contribution in [0.15, 0.2) is 36.5 Å².